The second-order valence-electron chi connectivity index (χ2n) is 6.97. The third kappa shape index (κ3) is 5.21. The number of fused-ring (bicyclic) bond motifs is 1. The van der Waals surface area contributed by atoms with Gasteiger partial charge in [0, 0.05) is 51.0 Å². The Morgan fingerprint density at radius 1 is 1.27 bits per heavy atom. The van der Waals surface area contributed by atoms with Crippen LogP contribution in [-0.4, -0.2) is 59.0 Å². The van der Waals surface area contributed by atoms with Crippen LogP contribution in [0.1, 0.15) is 38.8 Å². The molecule has 0 bridgehead atoms. The van der Waals surface area contributed by atoms with Crippen molar-refractivity contribution in [2.45, 2.75) is 45.6 Å². The molecule has 2 aromatic rings. The fraction of sp³-hybridized carbons (Fsp3) is 0.600. The Labute approximate surface area is 156 Å². The number of pyridine rings is 1. The SMILES string of the molecule is CCCN1CCC(NC(=NCCc2cn3ccccc3n2)NCC)CC1. The van der Waals surface area contributed by atoms with Crippen molar-refractivity contribution in [1.82, 2.24) is 24.9 Å². The van der Waals surface area contributed by atoms with Crippen LogP contribution in [0.5, 0.6) is 0 Å². The van der Waals surface area contributed by atoms with Gasteiger partial charge < -0.3 is 19.9 Å². The van der Waals surface area contributed by atoms with Crippen molar-refractivity contribution in [2.24, 2.45) is 4.99 Å². The van der Waals surface area contributed by atoms with Crippen LogP contribution in [0.2, 0.25) is 0 Å². The lowest BCUT2D eigenvalue weighted by molar-refractivity contribution is 0.206. The number of aromatic nitrogens is 2. The van der Waals surface area contributed by atoms with Crippen LogP contribution < -0.4 is 10.6 Å². The fourth-order valence-corrected chi connectivity index (χ4v) is 3.52. The predicted octanol–water partition coefficient (Wildman–Crippen LogP) is 2.31. The van der Waals surface area contributed by atoms with Crippen LogP contribution in [0, 0.1) is 0 Å². The smallest absolute Gasteiger partial charge is 0.191 e. The highest BCUT2D eigenvalue weighted by molar-refractivity contribution is 5.80. The van der Waals surface area contributed by atoms with Gasteiger partial charge in [0.2, 0.25) is 0 Å². The number of rotatable bonds is 7. The normalized spacial score (nSPS) is 16.9. The maximum Gasteiger partial charge on any atom is 0.191 e. The van der Waals surface area contributed by atoms with Crippen LogP contribution >= 0.6 is 0 Å². The maximum atomic E-state index is 4.76. The van der Waals surface area contributed by atoms with Gasteiger partial charge >= 0.3 is 0 Å². The van der Waals surface area contributed by atoms with E-state index >= 15 is 0 Å². The Bertz CT molecular complexity index is 666. The Morgan fingerprint density at radius 2 is 2.12 bits per heavy atom. The van der Waals surface area contributed by atoms with Gasteiger partial charge in [0.05, 0.1) is 5.69 Å². The predicted molar refractivity (Wildman–Crippen MR) is 108 cm³/mol. The van der Waals surface area contributed by atoms with Crippen LogP contribution in [0.15, 0.2) is 35.6 Å². The number of piperidine rings is 1. The molecule has 1 fully saturated rings. The van der Waals surface area contributed by atoms with Gasteiger partial charge in [0.15, 0.2) is 5.96 Å². The molecule has 1 aliphatic rings. The Hall–Kier alpha value is -2.08. The number of hydrogen-bond donors (Lipinski definition) is 2. The van der Waals surface area contributed by atoms with Crippen molar-refractivity contribution in [2.75, 3.05) is 32.7 Å². The van der Waals surface area contributed by atoms with Gasteiger partial charge in [-0.1, -0.05) is 13.0 Å². The van der Waals surface area contributed by atoms with Gasteiger partial charge in [-0.3, -0.25) is 4.99 Å². The summed E-state index contributed by atoms with van der Waals surface area (Å²) in [6, 6.07) is 6.60. The summed E-state index contributed by atoms with van der Waals surface area (Å²) in [7, 11) is 0. The second kappa shape index (κ2) is 9.57. The van der Waals surface area contributed by atoms with E-state index in [0.29, 0.717) is 6.04 Å². The van der Waals surface area contributed by atoms with E-state index in [0.717, 1.165) is 36.8 Å². The molecule has 1 saturated heterocycles. The first-order valence-corrected chi connectivity index (χ1v) is 9.98. The molecule has 0 radical (unpaired) electrons. The molecule has 1 aliphatic heterocycles. The van der Waals surface area contributed by atoms with Crippen LogP contribution in [0.4, 0.5) is 0 Å². The minimum absolute atomic E-state index is 0.524. The monoisotopic (exact) mass is 356 g/mol. The van der Waals surface area contributed by atoms with Crippen molar-refractivity contribution < 1.29 is 0 Å². The molecule has 0 spiro atoms. The first-order valence-electron chi connectivity index (χ1n) is 9.98. The van der Waals surface area contributed by atoms with E-state index in [1.807, 2.05) is 24.4 Å². The van der Waals surface area contributed by atoms with Gasteiger partial charge in [0.1, 0.15) is 5.65 Å². The Morgan fingerprint density at radius 3 is 2.85 bits per heavy atom. The highest BCUT2D eigenvalue weighted by atomic mass is 15.2. The molecule has 142 valence electrons. The minimum atomic E-state index is 0.524. The van der Waals surface area contributed by atoms with Crippen molar-refractivity contribution in [3.63, 3.8) is 0 Å². The van der Waals surface area contributed by atoms with Crippen LogP contribution in [0.25, 0.3) is 5.65 Å². The molecule has 2 N–H and O–H groups in total. The molecule has 0 amide bonds. The highest BCUT2D eigenvalue weighted by Gasteiger charge is 2.19. The second-order valence-corrected chi connectivity index (χ2v) is 6.97. The molecule has 3 rings (SSSR count). The van der Waals surface area contributed by atoms with Gasteiger partial charge in [0.25, 0.3) is 0 Å². The number of nitrogens with zero attached hydrogens (tertiary/aromatic N) is 4. The molecule has 6 nitrogen and oxygen atoms in total. The zero-order valence-corrected chi connectivity index (χ0v) is 16.1. The average molecular weight is 357 g/mol. The standard InChI is InChI=1S/C20H32N6/c1-3-12-25-14-9-17(10-15-25)24-20(21-4-2)22-11-8-18-16-26-13-6-5-7-19(26)23-18/h5-7,13,16-17H,3-4,8-12,14-15H2,1-2H3,(H2,21,22,24). The lowest BCUT2D eigenvalue weighted by atomic mass is 10.1. The summed E-state index contributed by atoms with van der Waals surface area (Å²) >= 11 is 0. The Balaban J connectivity index is 1.50. The molecule has 0 saturated carbocycles. The van der Waals surface area contributed by atoms with E-state index in [9.17, 15) is 0 Å². The van der Waals surface area contributed by atoms with Crippen LogP contribution in [0.3, 0.4) is 0 Å². The van der Waals surface area contributed by atoms with Gasteiger partial charge in [-0.2, -0.15) is 0 Å². The summed E-state index contributed by atoms with van der Waals surface area (Å²) < 4.78 is 2.06. The molecule has 0 atom stereocenters. The van der Waals surface area contributed by atoms with E-state index in [1.165, 1.54) is 38.9 Å². The summed E-state index contributed by atoms with van der Waals surface area (Å²) in [5, 5.41) is 7.00. The van der Waals surface area contributed by atoms with Crippen LogP contribution in [-0.2, 0) is 6.42 Å². The van der Waals surface area contributed by atoms with Gasteiger partial charge in [-0.25, -0.2) is 4.98 Å². The first-order chi connectivity index (χ1) is 12.8. The maximum absolute atomic E-state index is 4.76. The molecule has 0 unspecified atom stereocenters. The molecular formula is C20H32N6. The number of imidazole rings is 1. The molecule has 0 aromatic carbocycles. The number of guanidine groups is 1. The third-order valence-corrected chi connectivity index (χ3v) is 4.86. The van der Waals surface area contributed by atoms with Gasteiger partial charge in [-0.05, 0) is 44.9 Å². The van der Waals surface area contributed by atoms with E-state index in [-0.39, 0.29) is 0 Å². The molecule has 0 aliphatic carbocycles. The average Bonchev–Trinajstić information content (AvgIpc) is 3.06. The van der Waals surface area contributed by atoms with Crippen molar-refractivity contribution in [3.05, 3.63) is 36.3 Å². The van der Waals surface area contributed by atoms with Crippen molar-refractivity contribution in [1.29, 1.82) is 0 Å². The summed E-state index contributed by atoms with van der Waals surface area (Å²) in [5.41, 5.74) is 2.08. The number of aliphatic imine (C=N–C) groups is 1. The third-order valence-electron chi connectivity index (χ3n) is 4.86. The summed E-state index contributed by atoms with van der Waals surface area (Å²) in [4.78, 5) is 12.0. The molecule has 26 heavy (non-hydrogen) atoms. The molecular weight excluding hydrogens is 324 g/mol. The van der Waals surface area contributed by atoms with Gasteiger partial charge in [-0.15, -0.1) is 0 Å². The number of likely N-dealkylation sites (tertiary alicyclic amines) is 1. The fourth-order valence-electron chi connectivity index (χ4n) is 3.52. The highest BCUT2D eigenvalue weighted by Crippen LogP contribution is 2.10. The quantitative estimate of drug-likeness (QED) is 0.590. The lowest BCUT2D eigenvalue weighted by Crippen LogP contribution is -2.48. The van der Waals surface area contributed by atoms with E-state index in [2.05, 4.69) is 45.0 Å². The summed E-state index contributed by atoms with van der Waals surface area (Å²) in [6.07, 6.45) is 8.60. The van der Waals surface area contributed by atoms with E-state index in [1.54, 1.807) is 0 Å². The van der Waals surface area contributed by atoms with E-state index < -0.39 is 0 Å². The first kappa shape index (κ1) is 18.7. The molecule has 3 heterocycles. The lowest BCUT2D eigenvalue weighted by Gasteiger charge is -2.32. The molecule has 2 aromatic heterocycles. The minimum Gasteiger partial charge on any atom is -0.357 e. The Kier molecular flexibility index (Phi) is 6.89. The zero-order valence-electron chi connectivity index (χ0n) is 16.1. The van der Waals surface area contributed by atoms with Crippen molar-refractivity contribution in [3.8, 4) is 0 Å². The van der Waals surface area contributed by atoms with Crippen molar-refractivity contribution >= 4 is 11.6 Å². The van der Waals surface area contributed by atoms with E-state index in [4.69, 9.17) is 4.99 Å². The topological polar surface area (TPSA) is 57.0 Å². The number of nitrogens with one attached hydrogen (secondary N) is 2. The molecule has 6 heteroatoms. The summed E-state index contributed by atoms with van der Waals surface area (Å²) in [6.45, 7) is 9.59. The summed E-state index contributed by atoms with van der Waals surface area (Å²) in [5.74, 6) is 0.935. The number of hydrogen-bond acceptors (Lipinski definition) is 3. The zero-order chi connectivity index (χ0) is 18.2. The largest absolute Gasteiger partial charge is 0.357 e.